The molecule has 0 aliphatic carbocycles. The van der Waals surface area contributed by atoms with Gasteiger partial charge in [-0.3, -0.25) is 4.90 Å². The number of piperidine rings is 1. The van der Waals surface area contributed by atoms with Gasteiger partial charge in [0.2, 0.25) is 0 Å². The van der Waals surface area contributed by atoms with Crippen molar-refractivity contribution in [1.82, 2.24) is 4.90 Å². The lowest BCUT2D eigenvalue weighted by molar-refractivity contribution is 0.133. The average Bonchev–Trinajstić information content (AvgIpc) is 2.39. The first kappa shape index (κ1) is 11.0. The van der Waals surface area contributed by atoms with Gasteiger partial charge in [-0.25, -0.2) is 4.39 Å². The van der Waals surface area contributed by atoms with Gasteiger partial charge in [0.15, 0.2) is 0 Å². The zero-order chi connectivity index (χ0) is 11.7. The molecule has 0 spiro atoms. The third-order valence-electron chi connectivity index (χ3n) is 4.03. The summed E-state index contributed by atoms with van der Waals surface area (Å²) >= 11 is 0. The molecule has 0 bridgehead atoms. The molecule has 0 saturated carbocycles. The molecule has 92 valence electrons. The van der Waals surface area contributed by atoms with Crippen LogP contribution in [0.25, 0.3) is 0 Å². The SMILES string of the molecule is Fc1ccccc1N1CCN2CCCCC2C1. The number of benzene rings is 1. The van der Waals surface area contributed by atoms with E-state index >= 15 is 0 Å². The molecule has 2 nitrogen and oxygen atoms in total. The summed E-state index contributed by atoms with van der Waals surface area (Å²) in [5.74, 6) is -0.0863. The van der Waals surface area contributed by atoms with E-state index in [1.807, 2.05) is 12.1 Å². The smallest absolute Gasteiger partial charge is 0.146 e. The zero-order valence-corrected chi connectivity index (χ0v) is 10.1. The average molecular weight is 234 g/mol. The second-order valence-corrected chi connectivity index (χ2v) is 5.08. The molecule has 0 aromatic heterocycles. The maximum atomic E-state index is 13.7. The van der Waals surface area contributed by atoms with Crippen LogP contribution < -0.4 is 4.90 Å². The molecule has 3 heteroatoms. The molecule has 17 heavy (non-hydrogen) atoms. The van der Waals surface area contributed by atoms with Crippen molar-refractivity contribution >= 4 is 5.69 Å². The van der Waals surface area contributed by atoms with Gasteiger partial charge in [-0.05, 0) is 31.5 Å². The van der Waals surface area contributed by atoms with Crippen molar-refractivity contribution in [3.8, 4) is 0 Å². The van der Waals surface area contributed by atoms with E-state index in [9.17, 15) is 4.39 Å². The lowest BCUT2D eigenvalue weighted by Crippen LogP contribution is -2.55. The minimum Gasteiger partial charge on any atom is -0.366 e. The summed E-state index contributed by atoms with van der Waals surface area (Å²) in [7, 11) is 0. The van der Waals surface area contributed by atoms with E-state index in [2.05, 4.69) is 9.80 Å². The predicted octanol–water partition coefficient (Wildman–Crippen LogP) is 2.50. The van der Waals surface area contributed by atoms with Gasteiger partial charge < -0.3 is 4.90 Å². The van der Waals surface area contributed by atoms with Crippen LogP contribution in [0.3, 0.4) is 0 Å². The van der Waals surface area contributed by atoms with Crippen molar-refractivity contribution in [3.63, 3.8) is 0 Å². The molecule has 2 aliphatic heterocycles. The number of rotatable bonds is 1. The van der Waals surface area contributed by atoms with Crippen LogP contribution in [0.5, 0.6) is 0 Å². The molecule has 0 radical (unpaired) electrons. The Hall–Kier alpha value is -1.09. The van der Waals surface area contributed by atoms with Gasteiger partial charge in [-0.1, -0.05) is 18.6 Å². The fourth-order valence-corrected chi connectivity index (χ4v) is 3.08. The van der Waals surface area contributed by atoms with Gasteiger partial charge in [0.1, 0.15) is 5.82 Å². The fourth-order valence-electron chi connectivity index (χ4n) is 3.08. The Labute approximate surface area is 102 Å². The lowest BCUT2D eigenvalue weighted by Gasteiger charge is -2.44. The maximum absolute atomic E-state index is 13.7. The van der Waals surface area contributed by atoms with Crippen molar-refractivity contribution in [2.45, 2.75) is 25.3 Å². The minimum absolute atomic E-state index is 0.0863. The molecule has 1 aromatic rings. The van der Waals surface area contributed by atoms with E-state index in [0.29, 0.717) is 6.04 Å². The van der Waals surface area contributed by atoms with Crippen molar-refractivity contribution < 1.29 is 4.39 Å². The first-order valence-electron chi connectivity index (χ1n) is 6.58. The molecule has 1 unspecified atom stereocenters. The molecular weight excluding hydrogens is 215 g/mol. The zero-order valence-electron chi connectivity index (χ0n) is 10.1. The van der Waals surface area contributed by atoms with Crippen LogP contribution in [-0.4, -0.2) is 37.1 Å². The van der Waals surface area contributed by atoms with Crippen molar-refractivity contribution in [3.05, 3.63) is 30.1 Å². The predicted molar refractivity (Wildman–Crippen MR) is 67.8 cm³/mol. The second-order valence-electron chi connectivity index (χ2n) is 5.08. The topological polar surface area (TPSA) is 6.48 Å². The molecule has 2 aliphatic rings. The largest absolute Gasteiger partial charge is 0.366 e. The Morgan fingerprint density at radius 1 is 1.06 bits per heavy atom. The van der Waals surface area contributed by atoms with Gasteiger partial charge >= 0.3 is 0 Å². The van der Waals surface area contributed by atoms with E-state index < -0.39 is 0 Å². The van der Waals surface area contributed by atoms with Crippen LogP contribution in [0.4, 0.5) is 10.1 Å². The van der Waals surface area contributed by atoms with E-state index in [4.69, 9.17) is 0 Å². The van der Waals surface area contributed by atoms with Crippen LogP contribution in [0.1, 0.15) is 19.3 Å². The Bertz CT molecular complexity index is 394. The van der Waals surface area contributed by atoms with E-state index in [-0.39, 0.29) is 5.82 Å². The van der Waals surface area contributed by atoms with Crippen LogP contribution >= 0.6 is 0 Å². The quantitative estimate of drug-likeness (QED) is 0.736. The van der Waals surface area contributed by atoms with Crippen molar-refractivity contribution in [1.29, 1.82) is 0 Å². The number of nitrogens with zero attached hydrogens (tertiary/aromatic N) is 2. The fraction of sp³-hybridized carbons (Fsp3) is 0.571. The summed E-state index contributed by atoms with van der Waals surface area (Å²) in [6, 6.07) is 7.77. The van der Waals surface area contributed by atoms with Crippen LogP contribution in [-0.2, 0) is 0 Å². The molecule has 0 amide bonds. The molecule has 1 atom stereocenters. The normalized spacial score (nSPS) is 25.7. The molecule has 3 rings (SSSR count). The number of anilines is 1. The summed E-state index contributed by atoms with van der Waals surface area (Å²) in [6.07, 6.45) is 3.92. The molecular formula is C14H19FN2. The van der Waals surface area contributed by atoms with Crippen LogP contribution in [0.15, 0.2) is 24.3 Å². The first-order valence-corrected chi connectivity index (χ1v) is 6.58. The van der Waals surface area contributed by atoms with E-state index in [0.717, 1.165) is 25.3 Å². The highest BCUT2D eigenvalue weighted by molar-refractivity contribution is 5.48. The maximum Gasteiger partial charge on any atom is 0.146 e. The second kappa shape index (κ2) is 4.65. The van der Waals surface area contributed by atoms with Gasteiger partial charge in [-0.2, -0.15) is 0 Å². The number of piperazine rings is 1. The van der Waals surface area contributed by atoms with Gasteiger partial charge in [-0.15, -0.1) is 0 Å². The first-order chi connectivity index (χ1) is 8.34. The number of hydrogen-bond acceptors (Lipinski definition) is 2. The van der Waals surface area contributed by atoms with Crippen LogP contribution in [0, 0.1) is 5.82 Å². The number of hydrogen-bond donors (Lipinski definition) is 0. The van der Waals surface area contributed by atoms with E-state index in [1.54, 1.807) is 12.1 Å². The van der Waals surface area contributed by atoms with Gasteiger partial charge in [0.05, 0.1) is 5.69 Å². The number of halogens is 1. The Morgan fingerprint density at radius 2 is 1.94 bits per heavy atom. The minimum atomic E-state index is -0.0863. The lowest BCUT2D eigenvalue weighted by atomic mass is 9.99. The number of fused-ring (bicyclic) bond motifs is 1. The summed E-state index contributed by atoms with van der Waals surface area (Å²) in [5.41, 5.74) is 0.776. The molecule has 2 fully saturated rings. The summed E-state index contributed by atoms with van der Waals surface area (Å²) in [5, 5.41) is 0. The highest BCUT2D eigenvalue weighted by Crippen LogP contribution is 2.26. The standard InChI is InChI=1S/C14H19FN2/c15-13-6-1-2-7-14(13)17-10-9-16-8-4-3-5-12(16)11-17/h1-2,6-7,12H,3-5,8-11H2. The molecule has 0 N–H and O–H groups in total. The van der Waals surface area contributed by atoms with Crippen molar-refractivity contribution in [2.75, 3.05) is 31.1 Å². The molecule has 2 heterocycles. The number of para-hydroxylation sites is 1. The molecule has 1 aromatic carbocycles. The Kier molecular flexibility index (Phi) is 3.02. The van der Waals surface area contributed by atoms with Crippen LogP contribution in [0.2, 0.25) is 0 Å². The van der Waals surface area contributed by atoms with Gasteiger partial charge in [0, 0.05) is 25.7 Å². The van der Waals surface area contributed by atoms with Crippen molar-refractivity contribution in [2.24, 2.45) is 0 Å². The third-order valence-corrected chi connectivity index (χ3v) is 4.03. The summed E-state index contributed by atoms with van der Waals surface area (Å²) in [6.45, 7) is 4.26. The summed E-state index contributed by atoms with van der Waals surface area (Å²) < 4.78 is 13.7. The Balaban J connectivity index is 1.76. The van der Waals surface area contributed by atoms with Gasteiger partial charge in [0.25, 0.3) is 0 Å². The summed E-state index contributed by atoms with van der Waals surface area (Å²) in [4.78, 5) is 4.78. The highest BCUT2D eigenvalue weighted by Gasteiger charge is 2.29. The third kappa shape index (κ3) is 2.16. The highest BCUT2D eigenvalue weighted by atomic mass is 19.1. The van der Waals surface area contributed by atoms with E-state index in [1.165, 1.54) is 25.8 Å². The Morgan fingerprint density at radius 3 is 2.82 bits per heavy atom. The monoisotopic (exact) mass is 234 g/mol. The molecule has 2 saturated heterocycles.